The molecule has 2 nitrogen and oxygen atoms in total. The molecule has 0 aliphatic heterocycles. The van der Waals surface area contributed by atoms with Crippen LogP contribution in [0.25, 0.3) is 0 Å². The summed E-state index contributed by atoms with van der Waals surface area (Å²) in [5.41, 5.74) is 0. The molecular weight excluding hydrogens is 225 g/mol. The molecule has 0 spiro atoms. The first-order chi connectivity index (χ1) is 6.13. The number of hydrogen-bond acceptors (Lipinski definition) is 1. The highest BCUT2D eigenvalue weighted by molar-refractivity contribution is 4.73. The predicted molar refractivity (Wildman–Crippen MR) is 27.4 cm³/mol. The first kappa shape index (κ1) is 13.4. The van der Waals surface area contributed by atoms with E-state index >= 15 is 0 Å². The minimum Gasteiger partial charge on any atom is -0.279 e. The van der Waals surface area contributed by atoms with Gasteiger partial charge in [0.05, 0.1) is 0 Å². The van der Waals surface area contributed by atoms with Crippen LogP contribution in [0.1, 0.15) is 0 Å². The van der Waals surface area contributed by atoms with Crippen LogP contribution < -0.4 is 0 Å². The van der Waals surface area contributed by atoms with Crippen molar-refractivity contribution in [3.8, 4) is 0 Å². The average molecular weight is 229 g/mol. The van der Waals surface area contributed by atoms with Gasteiger partial charge >= 0.3 is 18.5 Å². The van der Waals surface area contributed by atoms with Gasteiger partial charge in [-0.2, -0.15) is 22.7 Å². The summed E-state index contributed by atoms with van der Waals surface area (Å²) in [5, 5.41) is 10.1. The highest BCUT2D eigenvalue weighted by Crippen LogP contribution is 2.31. The van der Waals surface area contributed by atoms with Crippen LogP contribution in [0.15, 0.2) is 0 Å². The second-order valence-corrected chi connectivity index (χ2v) is 2.20. The van der Waals surface area contributed by atoms with Crippen LogP contribution in [-0.4, -0.2) is 31.4 Å². The molecule has 0 aromatic heterocycles. The summed E-state index contributed by atoms with van der Waals surface area (Å²) in [6, 6.07) is 0. The average Bonchev–Trinajstić information content (AvgIpc) is 2.03. The largest absolute Gasteiger partial charge is 0.386 e. The van der Waals surface area contributed by atoms with Gasteiger partial charge in [-0.05, 0) is 0 Å². The van der Waals surface area contributed by atoms with E-state index in [9.17, 15) is 35.8 Å². The van der Waals surface area contributed by atoms with Crippen LogP contribution in [0, 0.1) is 0 Å². The summed E-state index contributed by atoms with van der Waals surface area (Å²) in [5.74, 6) is -5.29. The van der Waals surface area contributed by atoms with E-state index in [2.05, 4.69) is 4.74 Å². The minimum absolute atomic E-state index is 2.55. The van der Waals surface area contributed by atoms with E-state index in [0.717, 1.165) is 0 Å². The second-order valence-electron chi connectivity index (χ2n) is 2.20. The fraction of sp³-hybridized carbons (Fsp3) is 1.00. The molecule has 0 fully saturated rings. The SMILES string of the molecule is [O]C(OC(F)(F)CF)C(F)(F)C(F)F. The third-order valence-corrected chi connectivity index (χ3v) is 1.04. The third kappa shape index (κ3) is 3.29. The Morgan fingerprint density at radius 2 is 1.57 bits per heavy atom. The van der Waals surface area contributed by atoms with Crippen molar-refractivity contribution in [3.63, 3.8) is 0 Å². The number of halogens is 7. The Morgan fingerprint density at radius 1 is 1.14 bits per heavy atom. The molecule has 0 aliphatic rings. The molecule has 0 aliphatic carbocycles. The van der Waals surface area contributed by atoms with Gasteiger partial charge in [0.2, 0.25) is 0 Å². The van der Waals surface area contributed by atoms with E-state index in [1.54, 1.807) is 0 Å². The molecule has 0 aromatic rings. The zero-order chi connectivity index (χ0) is 11.6. The molecule has 0 rings (SSSR count). The van der Waals surface area contributed by atoms with Crippen LogP contribution in [0.2, 0.25) is 0 Å². The summed E-state index contributed by atoms with van der Waals surface area (Å²) in [6.07, 6.45) is -13.3. The van der Waals surface area contributed by atoms with Gasteiger partial charge in [-0.15, -0.1) is 0 Å². The number of ether oxygens (including phenoxy) is 1. The van der Waals surface area contributed by atoms with E-state index in [-0.39, 0.29) is 0 Å². The van der Waals surface area contributed by atoms with Crippen LogP contribution in [0.3, 0.4) is 0 Å². The van der Waals surface area contributed by atoms with Gasteiger partial charge in [-0.3, -0.25) is 4.74 Å². The maximum absolute atomic E-state index is 12.0. The van der Waals surface area contributed by atoms with Crippen LogP contribution in [-0.2, 0) is 9.84 Å². The van der Waals surface area contributed by atoms with Gasteiger partial charge in [0.1, 0.15) is 0 Å². The molecular formula is C5H4F7O2. The minimum atomic E-state index is -5.29. The molecule has 0 bridgehead atoms. The Morgan fingerprint density at radius 3 is 1.86 bits per heavy atom. The summed E-state index contributed by atoms with van der Waals surface area (Å²) in [6.45, 7) is -2.55. The fourth-order valence-electron chi connectivity index (χ4n) is 0.370. The zero-order valence-corrected chi connectivity index (χ0v) is 6.32. The topological polar surface area (TPSA) is 29.1 Å². The molecule has 0 saturated heterocycles. The molecule has 9 heteroatoms. The highest BCUT2D eigenvalue weighted by atomic mass is 19.3. The number of alkyl halides is 7. The van der Waals surface area contributed by atoms with Gasteiger partial charge in [0.25, 0.3) is 6.29 Å². The van der Waals surface area contributed by atoms with Crippen molar-refractivity contribution in [1.82, 2.24) is 0 Å². The number of hydrogen-bond donors (Lipinski definition) is 0. The molecule has 1 atom stereocenters. The zero-order valence-electron chi connectivity index (χ0n) is 6.32. The van der Waals surface area contributed by atoms with Crippen molar-refractivity contribution < 1.29 is 40.6 Å². The normalized spacial score (nSPS) is 16.1. The Labute approximate surface area is 73.3 Å². The van der Waals surface area contributed by atoms with Crippen molar-refractivity contribution in [2.45, 2.75) is 24.7 Å². The van der Waals surface area contributed by atoms with Crippen molar-refractivity contribution in [3.05, 3.63) is 0 Å². The van der Waals surface area contributed by atoms with Gasteiger partial charge in [0, 0.05) is 0 Å². The van der Waals surface area contributed by atoms with Crippen molar-refractivity contribution in [1.29, 1.82) is 0 Å². The molecule has 0 heterocycles. The quantitative estimate of drug-likeness (QED) is 0.525. The van der Waals surface area contributed by atoms with E-state index in [0.29, 0.717) is 0 Å². The lowest BCUT2D eigenvalue weighted by Gasteiger charge is -2.23. The molecule has 1 radical (unpaired) electrons. The summed E-state index contributed by atoms with van der Waals surface area (Å²) in [7, 11) is 0. The predicted octanol–water partition coefficient (Wildman–Crippen LogP) is 2.22. The van der Waals surface area contributed by atoms with Crippen LogP contribution in [0.4, 0.5) is 30.7 Å². The first-order valence-electron chi connectivity index (χ1n) is 3.07. The smallest absolute Gasteiger partial charge is 0.279 e. The van der Waals surface area contributed by atoms with Gasteiger partial charge in [-0.25, -0.2) is 13.2 Å². The Kier molecular flexibility index (Phi) is 4.13. The Bertz CT molecular complexity index is 183. The van der Waals surface area contributed by atoms with E-state index in [1.807, 2.05) is 0 Å². The van der Waals surface area contributed by atoms with Gasteiger partial charge in [0.15, 0.2) is 6.67 Å². The molecule has 0 amide bonds. The summed E-state index contributed by atoms with van der Waals surface area (Å²) < 4.78 is 84.2. The highest BCUT2D eigenvalue weighted by Gasteiger charge is 2.54. The van der Waals surface area contributed by atoms with Gasteiger partial charge in [-0.1, -0.05) is 0 Å². The third-order valence-electron chi connectivity index (χ3n) is 1.04. The Balaban J connectivity index is 4.41. The van der Waals surface area contributed by atoms with Crippen molar-refractivity contribution in [2.75, 3.05) is 6.67 Å². The monoisotopic (exact) mass is 229 g/mol. The summed E-state index contributed by atoms with van der Waals surface area (Å²) >= 11 is 0. The summed E-state index contributed by atoms with van der Waals surface area (Å²) in [4.78, 5) is 0. The van der Waals surface area contributed by atoms with Crippen molar-refractivity contribution in [2.24, 2.45) is 0 Å². The molecule has 14 heavy (non-hydrogen) atoms. The molecule has 0 saturated carbocycles. The molecule has 0 aromatic carbocycles. The maximum atomic E-state index is 12.0. The first-order valence-corrected chi connectivity index (χ1v) is 3.07. The van der Waals surface area contributed by atoms with Gasteiger partial charge < -0.3 is 0 Å². The second kappa shape index (κ2) is 4.30. The standard InChI is InChI=1S/C5H4F7O2/c6-1-4(9,10)14-3(13)5(11,12)2(7)8/h2-3H,1H2. The fourth-order valence-corrected chi connectivity index (χ4v) is 0.370. The lowest BCUT2D eigenvalue weighted by atomic mass is 10.3. The molecule has 0 N–H and O–H groups in total. The lowest BCUT2D eigenvalue weighted by molar-refractivity contribution is -0.382. The van der Waals surface area contributed by atoms with Crippen molar-refractivity contribution >= 4 is 0 Å². The molecule has 85 valence electrons. The van der Waals surface area contributed by atoms with E-state index in [4.69, 9.17) is 0 Å². The van der Waals surface area contributed by atoms with Crippen LogP contribution in [0.5, 0.6) is 0 Å². The van der Waals surface area contributed by atoms with E-state index < -0.39 is 31.4 Å². The lowest BCUT2D eigenvalue weighted by Crippen LogP contribution is -2.45. The number of rotatable bonds is 5. The maximum Gasteiger partial charge on any atom is 0.386 e. The van der Waals surface area contributed by atoms with Crippen LogP contribution >= 0.6 is 0 Å². The van der Waals surface area contributed by atoms with E-state index in [1.165, 1.54) is 0 Å². The molecule has 1 unspecified atom stereocenters. The Hall–Kier alpha value is -0.570.